The molecule has 0 fully saturated rings. The van der Waals surface area contributed by atoms with Crippen LogP contribution in [0.25, 0.3) is 0 Å². The van der Waals surface area contributed by atoms with Crippen molar-refractivity contribution in [3.8, 4) is 0 Å². The minimum Gasteiger partial charge on any atom is -0.271 e. The first kappa shape index (κ1) is 15.4. The van der Waals surface area contributed by atoms with Crippen molar-refractivity contribution in [3.63, 3.8) is 0 Å². The first-order chi connectivity index (χ1) is 9.82. The highest BCUT2D eigenvalue weighted by Gasteiger charge is 2.34. The van der Waals surface area contributed by atoms with Gasteiger partial charge in [-0.15, -0.1) is 0 Å². The second-order valence-corrected chi connectivity index (χ2v) is 4.59. The first-order valence-corrected chi connectivity index (χ1v) is 6.08. The lowest BCUT2D eigenvalue weighted by molar-refractivity contribution is -0.140. The quantitative estimate of drug-likeness (QED) is 0.520. The topological polar surface area (TPSA) is 50.9 Å². The molecular formula is C14H13F4N3. The zero-order chi connectivity index (χ0) is 15.6. The standard InChI is InChI=1S/C14H13F4N3/c1-8-4-5-20-12(6-8)13(21-19)9-2-3-10(11(15)7-9)14(16,17)18/h2-7,13,21H,19H2,1H3. The fourth-order valence-electron chi connectivity index (χ4n) is 2.01. The Hall–Kier alpha value is -1.99. The van der Waals surface area contributed by atoms with Gasteiger partial charge in [0.25, 0.3) is 0 Å². The van der Waals surface area contributed by atoms with Crippen molar-refractivity contribution in [3.05, 3.63) is 64.7 Å². The number of aromatic nitrogens is 1. The molecule has 3 N–H and O–H groups in total. The Labute approximate surface area is 118 Å². The van der Waals surface area contributed by atoms with E-state index in [9.17, 15) is 17.6 Å². The average molecular weight is 299 g/mol. The average Bonchev–Trinajstić information content (AvgIpc) is 2.38. The Bertz CT molecular complexity index is 640. The number of nitrogens with one attached hydrogen (secondary N) is 1. The number of pyridine rings is 1. The van der Waals surface area contributed by atoms with Crippen molar-refractivity contribution >= 4 is 0 Å². The molecule has 0 saturated heterocycles. The molecule has 0 spiro atoms. The van der Waals surface area contributed by atoms with Crippen LogP contribution in [-0.4, -0.2) is 4.98 Å². The van der Waals surface area contributed by atoms with Gasteiger partial charge in [0.2, 0.25) is 0 Å². The highest BCUT2D eigenvalue weighted by molar-refractivity contribution is 5.33. The van der Waals surface area contributed by atoms with Crippen LogP contribution in [-0.2, 0) is 6.18 Å². The second kappa shape index (κ2) is 5.79. The van der Waals surface area contributed by atoms with Crippen LogP contribution >= 0.6 is 0 Å². The zero-order valence-electron chi connectivity index (χ0n) is 11.1. The van der Waals surface area contributed by atoms with Gasteiger partial charge in [-0.1, -0.05) is 6.07 Å². The number of nitrogens with two attached hydrogens (primary N) is 1. The lowest BCUT2D eigenvalue weighted by Crippen LogP contribution is -2.29. The van der Waals surface area contributed by atoms with E-state index >= 15 is 0 Å². The van der Waals surface area contributed by atoms with Crippen LogP contribution in [0.1, 0.15) is 28.4 Å². The lowest BCUT2D eigenvalue weighted by Gasteiger charge is -2.17. The summed E-state index contributed by atoms with van der Waals surface area (Å²) in [6.45, 7) is 1.84. The van der Waals surface area contributed by atoms with Crippen molar-refractivity contribution in [2.45, 2.75) is 19.1 Å². The number of alkyl halides is 3. The maximum absolute atomic E-state index is 13.6. The van der Waals surface area contributed by atoms with Crippen molar-refractivity contribution in [2.75, 3.05) is 0 Å². The molecule has 0 bridgehead atoms. The highest BCUT2D eigenvalue weighted by atomic mass is 19.4. The van der Waals surface area contributed by atoms with Crippen molar-refractivity contribution < 1.29 is 17.6 Å². The third kappa shape index (κ3) is 3.37. The fraction of sp³-hybridized carbons (Fsp3) is 0.214. The Balaban J connectivity index is 2.42. The number of benzene rings is 1. The highest BCUT2D eigenvalue weighted by Crippen LogP contribution is 2.33. The van der Waals surface area contributed by atoms with Gasteiger partial charge >= 0.3 is 6.18 Å². The van der Waals surface area contributed by atoms with Gasteiger partial charge in [0.15, 0.2) is 0 Å². The van der Waals surface area contributed by atoms with Gasteiger partial charge in [0, 0.05) is 6.20 Å². The Morgan fingerprint density at radius 3 is 2.43 bits per heavy atom. The molecule has 1 heterocycles. The fourth-order valence-corrected chi connectivity index (χ4v) is 2.01. The number of hydrazine groups is 1. The van der Waals surface area contributed by atoms with Gasteiger partial charge in [-0.25, -0.2) is 9.82 Å². The van der Waals surface area contributed by atoms with Crippen LogP contribution < -0.4 is 11.3 Å². The Kier molecular flexibility index (Phi) is 4.24. The number of nitrogens with zero attached hydrogens (tertiary/aromatic N) is 1. The minimum absolute atomic E-state index is 0.265. The Morgan fingerprint density at radius 1 is 1.19 bits per heavy atom. The molecule has 112 valence electrons. The lowest BCUT2D eigenvalue weighted by atomic mass is 10.0. The van der Waals surface area contributed by atoms with E-state index in [2.05, 4.69) is 10.4 Å². The number of hydrogen-bond donors (Lipinski definition) is 2. The SMILES string of the molecule is Cc1ccnc(C(NN)c2ccc(C(F)(F)F)c(F)c2)c1. The van der Waals surface area contributed by atoms with E-state index in [1.54, 1.807) is 18.3 Å². The van der Waals surface area contributed by atoms with E-state index < -0.39 is 23.6 Å². The van der Waals surface area contributed by atoms with Gasteiger partial charge in [-0.2, -0.15) is 13.2 Å². The molecule has 1 unspecified atom stereocenters. The van der Waals surface area contributed by atoms with Crippen LogP contribution in [0, 0.1) is 12.7 Å². The summed E-state index contributed by atoms with van der Waals surface area (Å²) in [5.74, 6) is 4.09. The van der Waals surface area contributed by atoms with Crippen LogP contribution in [0.4, 0.5) is 17.6 Å². The summed E-state index contributed by atoms with van der Waals surface area (Å²) in [5, 5.41) is 0. The number of aryl methyl sites for hydroxylation is 1. The largest absolute Gasteiger partial charge is 0.419 e. The van der Waals surface area contributed by atoms with E-state index in [1.807, 2.05) is 6.92 Å². The first-order valence-electron chi connectivity index (χ1n) is 6.08. The molecule has 2 aromatic rings. The predicted molar refractivity (Wildman–Crippen MR) is 69.5 cm³/mol. The van der Waals surface area contributed by atoms with E-state index in [0.717, 1.165) is 11.6 Å². The van der Waals surface area contributed by atoms with Crippen LogP contribution in [0.5, 0.6) is 0 Å². The normalized spacial score (nSPS) is 13.2. The summed E-state index contributed by atoms with van der Waals surface area (Å²) in [4.78, 5) is 4.10. The van der Waals surface area contributed by atoms with Gasteiger partial charge in [-0.05, 0) is 42.3 Å². The molecule has 0 aliphatic carbocycles. The zero-order valence-corrected chi connectivity index (χ0v) is 11.1. The molecule has 1 aromatic carbocycles. The van der Waals surface area contributed by atoms with Crippen LogP contribution in [0.2, 0.25) is 0 Å². The molecule has 2 rings (SSSR count). The summed E-state index contributed by atoms with van der Waals surface area (Å²) in [6.07, 6.45) is -3.18. The van der Waals surface area contributed by atoms with Crippen molar-refractivity contribution in [1.82, 2.24) is 10.4 Å². The molecule has 21 heavy (non-hydrogen) atoms. The summed E-state index contributed by atoms with van der Waals surface area (Å²) in [5.41, 5.74) is 2.80. The van der Waals surface area contributed by atoms with E-state index in [0.29, 0.717) is 11.8 Å². The maximum Gasteiger partial charge on any atom is 0.419 e. The molecule has 0 saturated carbocycles. The molecule has 1 aromatic heterocycles. The van der Waals surface area contributed by atoms with E-state index in [4.69, 9.17) is 5.84 Å². The molecule has 3 nitrogen and oxygen atoms in total. The van der Waals surface area contributed by atoms with Crippen LogP contribution in [0.15, 0.2) is 36.5 Å². The number of halogens is 4. The molecule has 0 amide bonds. The maximum atomic E-state index is 13.6. The second-order valence-electron chi connectivity index (χ2n) is 4.59. The van der Waals surface area contributed by atoms with Crippen molar-refractivity contribution in [1.29, 1.82) is 0 Å². The summed E-state index contributed by atoms with van der Waals surface area (Å²) >= 11 is 0. The van der Waals surface area contributed by atoms with Gasteiger partial charge in [0.05, 0.1) is 17.3 Å². The summed E-state index contributed by atoms with van der Waals surface area (Å²) in [7, 11) is 0. The van der Waals surface area contributed by atoms with E-state index in [1.165, 1.54) is 6.07 Å². The number of rotatable bonds is 3. The van der Waals surface area contributed by atoms with Gasteiger partial charge in [-0.3, -0.25) is 10.8 Å². The van der Waals surface area contributed by atoms with E-state index in [-0.39, 0.29) is 5.56 Å². The van der Waals surface area contributed by atoms with Gasteiger partial charge in [0.1, 0.15) is 5.82 Å². The van der Waals surface area contributed by atoms with Crippen molar-refractivity contribution in [2.24, 2.45) is 5.84 Å². The molecule has 7 heteroatoms. The molecule has 0 aliphatic heterocycles. The third-order valence-corrected chi connectivity index (χ3v) is 3.03. The molecule has 1 atom stereocenters. The minimum atomic E-state index is -4.73. The predicted octanol–water partition coefficient (Wildman–Crippen LogP) is 3.10. The van der Waals surface area contributed by atoms with Gasteiger partial charge < -0.3 is 0 Å². The summed E-state index contributed by atoms with van der Waals surface area (Å²) < 4.78 is 51.3. The molecular weight excluding hydrogens is 286 g/mol. The van der Waals surface area contributed by atoms with Crippen LogP contribution in [0.3, 0.4) is 0 Å². The monoisotopic (exact) mass is 299 g/mol. The Morgan fingerprint density at radius 2 is 1.90 bits per heavy atom. The summed E-state index contributed by atoms with van der Waals surface area (Å²) in [6, 6.07) is 5.49. The third-order valence-electron chi connectivity index (χ3n) is 3.03. The number of hydrogen-bond acceptors (Lipinski definition) is 3. The smallest absolute Gasteiger partial charge is 0.271 e. The molecule has 0 radical (unpaired) electrons. The molecule has 0 aliphatic rings.